The van der Waals surface area contributed by atoms with Crippen LogP contribution in [0.25, 0.3) is 0 Å². The first kappa shape index (κ1) is 14.1. The van der Waals surface area contributed by atoms with E-state index in [1.807, 2.05) is 18.2 Å². The topological polar surface area (TPSA) is 75.6 Å². The van der Waals surface area contributed by atoms with Crippen molar-refractivity contribution in [2.75, 3.05) is 11.9 Å². The second-order valence-electron chi connectivity index (χ2n) is 5.94. The number of hydrogen-bond acceptors (Lipinski definition) is 3. The number of aliphatic carboxylic acids is 1. The summed E-state index contributed by atoms with van der Waals surface area (Å²) in [5, 5.41) is 11.6. The summed E-state index contributed by atoms with van der Waals surface area (Å²) in [5.74, 6) is -1.28. The number of amides is 1. The van der Waals surface area contributed by atoms with Crippen molar-refractivity contribution in [3.8, 4) is 0 Å². The normalized spacial score (nSPS) is 23.6. The number of benzene rings is 1. The largest absolute Gasteiger partial charge is 0.481 e. The van der Waals surface area contributed by atoms with Crippen LogP contribution in [0.15, 0.2) is 24.3 Å². The molecule has 2 aliphatic carbocycles. The lowest BCUT2D eigenvalue weighted by molar-refractivity contribution is -0.139. The molecule has 21 heavy (non-hydrogen) atoms. The number of carboxylic acid groups (broad SMARTS) is 1. The lowest BCUT2D eigenvalue weighted by Gasteiger charge is -2.08. The summed E-state index contributed by atoms with van der Waals surface area (Å²) in [6.45, 7) is 1.35. The van der Waals surface area contributed by atoms with Crippen molar-refractivity contribution in [3.63, 3.8) is 0 Å². The molecule has 2 atom stereocenters. The summed E-state index contributed by atoms with van der Waals surface area (Å²) in [6, 6.07) is 7.51. The third-order valence-corrected chi connectivity index (χ3v) is 3.96. The van der Waals surface area contributed by atoms with E-state index >= 15 is 0 Å². The second kappa shape index (κ2) is 5.85. The highest BCUT2D eigenvalue weighted by Gasteiger charge is 2.48. The van der Waals surface area contributed by atoms with Gasteiger partial charge in [-0.2, -0.15) is 0 Å². The van der Waals surface area contributed by atoms with E-state index in [0.717, 1.165) is 18.1 Å². The number of ether oxygens (including phenoxy) is 1. The molecule has 1 amide bonds. The molecule has 0 radical (unpaired) electrons. The predicted molar refractivity (Wildman–Crippen MR) is 76.7 cm³/mol. The van der Waals surface area contributed by atoms with Gasteiger partial charge in [-0.1, -0.05) is 12.1 Å². The molecule has 2 N–H and O–H groups in total. The van der Waals surface area contributed by atoms with Gasteiger partial charge >= 0.3 is 5.97 Å². The van der Waals surface area contributed by atoms with Crippen molar-refractivity contribution in [1.29, 1.82) is 0 Å². The molecule has 0 aromatic heterocycles. The first-order valence-corrected chi connectivity index (χ1v) is 7.34. The highest BCUT2D eigenvalue weighted by molar-refractivity contribution is 5.98. The van der Waals surface area contributed by atoms with Crippen molar-refractivity contribution in [2.45, 2.75) is 25.9 Å². The van der Waals surface area contributed by atoms with Crippen LogP contribution in [0, 0.1) is 17.8 Å². The van der Waals surface area contributed by atoms with Gasteiger partial charge in [-0.25, -0.2) is 0 Å². The number of carbonyl (C=O) groups excluding carboxylic acids is 1. The highest BCUT2D eigenvalue weighted by Crippen LogP contribution is 2.39. The van der Waals surface area contributed by atoms with Crippen LogP contribution in [-0.4, -0.2) is 23.6 Å². The molecule has 0 spiro atoms. The summed E-state index contributed by atoms with van der Waals surface area (Å²) in [7, 11) is 0. The van der Waals surface area contributed by atoms with Crippen molar-refractivity contribution >= 4 is 17.6 Å². The Balaban J connectivity index is 1.50. The van der Waals surface area contributed by atoms with Gasteiger partial charge in [0.25, 0.3) is 0 Å². The first-order chi connectivity index (χ1) is 10.1. The van der Waals surface area contributed by atoms with Gasteiger partial charge in [-0.15, -0.1) is 0 Å². The fraction of sp³-hybridized carbons (Fsp3) is 0.500. The summed E-state index contributed by atoms with van der Waals surface area (Å²) in [4.78, 5) is 22.7. The molecule has 2 aliphatic rings. The quantitative estimate of drug-likeness (QED) is 0.807. The fourth-order valence-electron chi connectivity index (χ4n) is 2.36. The highest BCUT2D eigenvalue weighted by atomic mass is 16.5. The Bertz CT molecular complexity index is 553. The molecule has 2 fully saturated rings. The van der Waals surface area contributed by atoms with Crippen LogP contribution in [0.3, 0.4) is 0 Å². The summed E-state index contributed by atoms with van der Waals surface area (Å²) in [6.07, 6.45) is 2.97. The van der Waals surface area contributed by atoms with Crippen molar-refractivity contribution in [2.24, 2.45) is 17.8 Å². The number of carboxylic acids is 1. The summed E-state index contributed by atoms with van der Waals surface area (Å²) < 4.78 is 5.62. The minimum atomic E-state index is -0.891. The van der Waals surface area contributed by atoms with E-state index in [4.69, 9.17) is 9.84 Å². The molecular formula is C16H19NO4. The van der Waals surface area contributed by atoms with Crippen LogP contribution in [0.5, 0.6) is 0 Å². The van der Waals surface area contributed by atoms with Crippen LogP contribution in [-0.2, 0) is 20.9 Å². The molecule has 0 saturated heterocycles. The Kier molecular flexibility index (Phi) is 3.92. The van der Waals surface area contributed by atoms with Crippen molar-refractivity contribution in [3.05, 3.63) is 29.8 Å². The maximum Gasteiger partial charge on any atom is 0.307 e. The average molecular weight is 289 g/mol. The van der Waals surface area contributed by atoms with Gasteiger partial charge in [0, 0.05) is 12.3 Å². The number of nitrogens with one attached hydrogen (secondary N) is 1. The SMILES string of the molecule is O=C(O)C1CC1C(=O)Nc1cccc(COCC2CC2)c1. The van der Waals surface area contributed by atoms with Crippen molar-refractivity contribution < 1.29 is 19.4 Å². The number of anilines is 1. The van der Waals surface area contributed by atoms with Gasteiger partial charge in [-0.05, 0) is 42.9 Å². The predicted octanol–water partition coefficient (Wildman–Crippen LogP) is 2.27. The van der Waals surface area contributed by atoms with Gasteiger partial charge in [-0.3, -0.25) is 9.59 Å². The fourth-order valence-corrected chi connectivity index (χ4v) is 2.36. The Labute approximate surface area is 123 Å². The number of hydrogen-bond donors (Lipinski definition) is 2. The molecule has 5 heteroatoms. The molecule has 112 valence electrons. The van der Waals surface area contributed by atoms with Gasteiger partial charge in [0.1, 0.15) is 0 Å². The van der Waals surface area contributed by atoms with Gasteiger partial charge in [0.05, 0.1) is 18.4 Å². The number of carbonyl (C=O) groups is 2. The van der Waals surface area contributed by atoms with Crippen LogP contribution < -0.4 is 5.32 Å². The van der Waals surface area contributed by atoms with Gasteiger partial charge in [0.2, 0.25) is 5.91 Å². The molecular weight excluding hydrogens is 270 g/mol. The van der Waals surface area contributed by atoms with E-state index in [0.29, 0.717) is 18.7 Å². The molecule has 2 unspecified atom stereocenters. The Morgan fingerprint density at radius 1 is 1.29 bits per heavy atom. The smallest absolute Gasteiger partial charge is 0.307 e. The van der Waals surface area contributed by atoms with E-state index < -0.39 is 17.8 Å². The van der Waals surface area contributed by atoms with Crippen LogP contribution in [0.1, 0.15) is 24.8 Å². The van der Waals surface area contributed by atoms with E-state index in [1.165, 1.54) is 12.8 Å². The lowest BCUT2D eigenvalue weighted by Crippen LogP contribution is -2.16. The Hall–Kier alpha value is -1.88. The third-order valence-electron chi connectivity index (χ3n) is 3.96. The van der Waals surface area contributed by atoms with Crippen LogP contribution >= 0.6 is 0 Å². The second-order valence-corrected chi connectivity index (χ2v) is 5.94. The minimum absolute atomic E-state index is 0.210. The lowest BCUT2D eigenvalue weighted by atomic mass is 10.2. The molecule has 5 nitrogen and oxygen atoms in total. The summed E-state index contributed by atoms with van der Waals surface area (Å²) in [5.41, 5.74) is 1.71. The molecule has 0 heterocycles. The van der Waals surface area contributed by atoms with E-state index in [-0.39, 0.29) is 5.91 Å². The zero-order valence-electron chi connectivity index (χ0n) is 11.7. The molecule has 0 bridgehead atoms. The maximum atomic E-state index is 11.9. The van der Waals surface area contributed by atoms with Gasteiger partial charge < -0.3 is 15.2 Å². The molecule has 3 rings (SSSR count). The van der Waals surface area contributed by atoms with E-state index in [1.54, 1.807) is 6.07 Å². The molecule has 1 aromatic rings. The molecule has 2 saturated carbocycles. The molecule has 1 aromatic carbocycles. The Morgan fingerprint density at radius 2 is 2.10 bits per heavy atom. The maximum absolute atomic E-state index is 11.9. The number of rotatable bonds is 7. The standard InChI is InChI=1S/C16H19NO4/c18-15(13-7-14(13)16(19)20)17-12-3-1-2-11(6-12)9-21-8-10-4-5-10/h1-3,6,10,13-14H,4-5,7-9H2,(H,17,18)(H,19,20). The zero-order valence-corrected chi connectivity index (χ0v) is 11.7. The Morgan fingerprint density at radius 3 is 2.76 bits per heavy atom. The molecule has 0 aliphatic heterocycles. The summed E-state index contributed by atoms with van der Waals surface area (Å²) >= 11 is 0. The van der Waals surface area contributed by atoms with E-state index in [2.05, 4.69) is 5.32 Å². The zero-order chi connectivity index (χ0) is 14.8. The van der Waals surface area contributed by atoms with E-state index in [9.17, 15) is 9.59 Å². The third kappa shape index (κ3) is 3.82. The monoisotopic (exact) mass is 289 g/mol. The first-order valence-electron chi connectivity index (χ1n) is 7.34. The average Bonchev–Trinajstić information content (AvgIpc) is 3.33. The van der Waals surface area contributed by atoms with Crippen LogP contribution in [0.2, 0.25) is 0 Å². The minimum Gasteiger partial charge on any atom is -0.481 e. The van der Waals surface area contributed by atoms with Crippen LogP contribution in [0.4, 0.5) is 5.69 Å². The van der Waals surface area contributed by atoms with Crippen molar-refractivity contribution in [1.82, 2.24) is 0 Å². The van der Waals surface area contributed by atoms with Gasteiger partial charge in [0.15, 0.2) is 0 Å².